The molecular formula is C9H9N3O2S. The first-order valence-electron chi connectivity index (χ1n) is 4.47. The van der Waals surface area contributed by atoms with Gasteiger partial charge in [-0.05, 0) is 0 Å². The fourth-order valence-corrected chi connectivity index (χ4v) is 2.34. The molecule has 2 rings (SSSR count). The van der Waals surface area contributed by atoms with Crippen molar-refractivity contribution in [2.24, 2.45) is 0 Å². The molecule has 5 nitrogen and oxygen atoms in total. The lowest BCUT2D eigenvalue weighted by Crippen LogP contribution is -2.49. The predicted molar refractivity (Wildman–Crippen MR) is 55.5 cm³/mol. The molecule has 1 aliphatic rings. The molecule has 15 heavy (non-hydrogen) atoms. The molecule has 2 heterocycles. The molecule has 0 unspecified atom stereocenters. The van der Waals surface area contributed by atoms with Gasteiger partial charge in [0.05, 0.1) is 0 Å². The van der Waals surface area contributed by atoms with Crippen LogP contribution >= 0.6 is 11.8 Å². The highest BCUT2D eigenvalue weighted by Crippen LogP contribution is 2.27. The first kappa shape index (κ1) is 10.1. The zero-order valence-corrected chi connectivity index (χ0v) is 8.95. The number of aromatic nitrogens is 1. The summed E-state index contributed by atoms with van der Waals surface area (Å²) in [5.74, 6) is 0. The Balaban J connectivity index is 1.89. The minimum absolute atomic E-state index is 0.129. The quantitative estimate of drug-likeness (QED) is 0.745. The van der Waals surface area contributed by atoms with Crippen LogP contribution < -0.4 is 4.90 Å². The van der Waals surface area contributed by atoms with Gasteiger partial charge in [0, 0.05) is 25.3 Å². The molecule has 0 aliphatic carbocycles. The molecule has 0 bridgehead atoms. The van der Waals surface area contributed by atoms with Crippen molar-refractivity contribution in [3.63, 3.8) is 0 Å². The van der Waals surface area contributed by atoms with Crippen molar-refractivity contribution in [2.45, 2.75) is 12.2 Å². The van der Waals surface area contributed by atoms with E-state index in [9.17, 15) is 4.79 Å². The van der Waals surface area contributed by atoms with Gasteiger partial charge in [-0.15, -0.1) is 0 Å². The Morgan fingerprint density at radius 3 is 3.07 bits per heavy atom. The Kier molecular flexibility index (Phi) is 2.64. The third kappa shape index (κ3) is 2.13. The van der Waals surface area contributed by atoms with Gasteiger partial charge < -0.3 is 9.32 Å². The first-order valence-corrected chi connectivity index (χ1v) is 5.35. The van der Waals surface area contributed by atoms with Crippen molar-refractivity contribution in [1.29, 1.82) is 5.26 Å². The molecule has 0 atom stereocenters. The maximum Gasteiger partial charge on any atom is 0.298 e. The van der Waals surface area contributed by atoms with Crippen LogP contribution in [0.3, 0.4) is 0 Å². The van der Waals surface area contributed by atoms with Crippen LogP contribution in [0.25, 0.3) is 0 Å². The summed E-state index contributed by atoms with van der Waals surface area (Å²) in [6, 6.07) is 2.37. The molecule has 0 saturated carbocycles. The molecule has 78 valence electrons. The third-order valence-corrected chi connectivity index (χ3v) is 3.02. The van der Waals surface area contributed by atoms with E-state index >= 15 is 0 Å². The lowest BCUT2D eigenvalue weighted by atomic mass is 10.2. The van der Waals surface area contributed by atoms with Gasteiger partial charge in [0.15, 0.2) is 10.8 Å². The van der Waals surface area contributed by atoms with Gasteiger partial charge in [-0.2, -0.15) is 10.2 Å². The van der Waals surface area contributed by atoms with E-state index in [0.29, 0.717) is 11.3 Å². The van der Waals surface area contributed by atoms with Crippen molar-refractivity contribution in [2.75, 3.05) is 18.0 Å². The van der Waals surface area contributed by atoms with Gasteiger partial charge in [-0.3, -0.25) is 4.79 Å². The second-order valence-electron chi connectivity index (χ2n) is 3.26. The van der Waals surface area contributed by atoms with Gasteiger partial charge >= 0.3 is 0 Å². The summed E-state index contributed by atoms with van der Waals surface area (Å²) in [7, 11) is 0. The lowest BCUT2D eigenvalue weighted by Gasteiger charge is -2.36. The predicted octanol–water partition coefficient (Wildman–Crippen LogP) is 1.01. The fourth-order valence-electron chi connectivity index (χ4n) is 1.36. The summed E-state index contributed by atoms with van der Waals surface area (Å²) in [4.78, 5) is 16.7. The summed E-state index contributed by atoms with van der Waals surface area (Å²) >= 11 is 1.34. The molecule has 6 heteroatoms. The Morgan fingerprint density at radius 2 is 2.53 bits per heavy atom. The van der Waals surface area contributed by atoms with Crippen molar-refractivity contribution in [3.05, 3.63) is 12.0 Å². The number of anilines is 1. The molecule has 1 aromatic rings. The smallest absolute Gasteiger partial charge is 0.298 e. The van der Waals surface area contributed by atoms with Gasteiger partial charge in [0.1, 0.15) is 12.3 Å². The molecule has 1 aliphatic heterocycles. The summed E-state index contributed by atoms with van der Waals surface area (Å²) in [6.45, 7) is 3.05. The number of hydrogen-bond acceptors (Lipinski definition) is 6. The second kappa shape index (κ2) is 3.95. The van der Waals surface area contributed by atoms with Crippen molar-refractivity contribution in [1.82, 2.24) is 4.98 Å². The number of carbonyl (C=O) groups is 1. The highest BCUT2D eigenvalue weighted by atomic mass is 32.2. The largest absolute Gasteiger partial charge is 0.431 e. The van der Waals surface area contributed by atoms with Crippen LogP contribution in [-0.2, 0) is 4.79 Å². The minimum Gasteiger partial charge on any atom is -0.431 e. The molecule has 1 fully saturated rings. The summed E-state index contributed by atoms with van der Waals surface area (Å²) < 4.78 is 5.11. The molecule has 0 aromatic carbocycles. The topological polar surface area (TPSA) is 70.1 Å². The van der Waals surface area contributed by atoms with E-state index in [1.165, 1.54) is 18.0 Å². The van der Waals surface area contributed by atoms with Crippen LogP contribution in [0.1, 0.15) is 12.6 Å². The van der Waals surface area contributed by atoms with E-state index < -0.39 is 0 Å². The van der Waals surface area contributed by atoms with E-state index in [-0.39, 0.29) is 10.8 Å². The average Bonchev–Trinajstić information content (AvgIpc) is 2.58. The summed E-state index contributed by atoms with van der Waals surface area (Å²) in [5.41, 5.74) is 0.285. The number of oxazole rings is 1. The first-order chi connectivity index (χ1) is 7.19. The molecule has 0 N–H and O–H groups in total. The second-order valence-corrected chi connectivity index (χ2v) is 4.74. The van der Waals surface area contributed by atoms with E-state index in [1.807, 2.05) is 11.0 Å². The number of hydrogen-bond donors (Lipinski definition) is 0. The Hall–Kier alpha value is -1.48. The minimum atomic E-state index is 0.129. The molecular weight excluding hydrogens is 214 g/mol. The zero-order valence-electron chi connectivity index (χ0n) is 8.14. The lowest BCUT2D eigenvalue weighted by molar-refractivity contribution is -0.109. The molecule has 0 spiro atoms. The summed E-state index contributed by atoms with van der Waals surface area (Å²) in [6.07, 6.45) is 1.33. The highest BCUT2D eigenvalue weighted by molar-refractivity contribution is 8.14. The average molecular weight is 223 g/mol. The fraction of sp³-hybridized carbons (Fsp3) is 0.444. The van der Waals surface area contributed by atoms with Crippen LogP contribution in [0.5, 0.6) is 0 Å². The molecule has 1 saturated heterocycles. The monoisotopic (exact) mass is 223 g/mol. The van der Waals surface area contributed by atoms with Crippen molar-refractivity contribution < 1.29 is 9.21 Å². The summed E-state index contributed by atoms with van der Waals surface area (Å²) in [5, 5.41) is 9.00. The van der Waals surface area contributed by atoms with Gasteiger partial charge in [0.2, 0.25) is 0 Å². The SMILES string of the molecule is CC(=O)SC1CN(c2nc(C#N)co2)C1. The maximum atomic E-state index is 10.8. The van der Waals surface area contributed by atoms with E-state index in [4.69, 9.17) is 9.68 Å². The standard InChI is InChI=1S/C9H9N3O2S/c1-6(13)15-8-3-12(4-8)9-11-7(2-10)5-14-9/h5,8H,3-4H2,1H3. The molecule has 0 radical (unpaired) electrons. The van der Waals surface area contributed by atoms with Crippen LogP contribution in [-0.4, -0.2) is 28.4 Å². The van der Waals surface area contributed by atoms with Gasteiger partial charge in [-0.25, -0.2) is 0 Å². The normalized spacial score (nSPS) is 15.9. The Labute approximate surface area is 91.1 Å². The van der Waals surface area contributed by atoms with Crippen molar-refractivity contribution in [3.8, 4) is 6.07 Å². The van der Waals surface area contributed by atoms with E-state index in [0.717, 1.165) is 13.1 Å². The molecule has 0 amide bonds. The number of thioether (sulfide) groups is 1. The van der Waals surface area contributed by atoms with Gasteiger partial charge in [0.25, 0.3) is 6.01 Å². The Bertz CT molecular complexity index is 417. The zero-order chi connectivity index (χ0) is 10.8. The van der Waals surface area contributed by atoms with Gasteiger partial charge in [-0.1, -0.05) is 11.8 Å². The molecule has 1 aromatic heterocycles. The van der Waals surface area contributed by atoms with Crippen molar-refractivity contribution >= 4 is 22.9 Å². The highest BCUT2D eigenvalue weighted by Gasteiger charge is 2.31. The number of rotatable bonds is 2. The number of nitrogens with zero attached hydrogens (tertiary/aromatic N) is 3. The van der Waals surface area contributed by atoms with Crippen LogP contribution in [0.15, 0.2) is 10.7 Å². The number of carbonyl (C=O) groups excluding carboxylic acids is 1. The maximum absolute atomic E-state index is 10.8. The Morgan fingerprint density at radius 1 is 1.80 bits per heavy atom. The third-order valence-electron chi connectivity index (χ3n) is 2.06. The van der Waals surface area contributed by atoms with E-state index in [1.54, 1.807) is 6.92 Å². The van der Waals surface area contributed by atoms with E-state index in [2.05, 4.69) is 4.98 Å². The van der Waals surface area contributed by atoms with Crippen LogP contribution in [0.4, 0.5) is 6.01 Å². The van der Waals surface area contributed by atoms with Crippen LogP contribution in [0.2, 0.25) is 0 Å². The number of nitriles is 1. The van der Waals surface area contributed by atoms with Crippen LogP contribution in [0, 0.1) is 11.3 Å².